The minimum Gasteiger partial charge on any atom is -0.508 e. The Kier molecular flexibility index (Phi) is 6.83. The zero-order valence-corrected chi connectivity index (χ0v) is 20.3. The predicted molar refractivity (Wildman–Crippen MR) is 140 cm³/mol. The number of phenolic OH excluding ortho intramolecular Hbond substituents is 1. The van der Waals surface area contributed by atoms with E-state index in [0.29, 0.717) is 50.1 Å². The molecule has 1 aliphatic rings. The van der Waals surface area contributed by atoms with E-state index in [1.807, 2.05) is 37.4 Å². The third-order valence-electron chi connectivity index (χ3n) is 6.31. The zero-order valence-electron chi connectivity index (χ0n) is 20.3. The molecule has 0 aliphatic carbocycles. The van der Waals surface area contributed by atoms with Gasteiger partial charge in [-0.3, -0.25) is 9.48 Å². The third-order valence-corrected chi connectivity index (χ3v) is 6.31. The number of carbonyl (C=O) groups is 1. The number of piperazine rings is 1. The smallest absolute Gasteiger partial charge is 0.274 e. The Hall–Kier alpha value is -4.69. The van der Waals surface area contributed by atoms with Gasteiger partial charge in [0.05, 0.1) is 30.4 Å². The summed E-state index contributed by atoms with van der Waals surface area (Å²) < 4.78 is 1.75. The first-order valence-corrected chi connectivity index (χ1v) is 12.0. The van der Waals surface area contributed by atoms with Gasteiger partial charge in [0.15, 0.2) is 0 Å². The van der Waals surface area contributed by atoms with Gasteiger partial charge in [-0.25, -0.2) is 4.98 Å². The number of nitriles is 1. The van der Waals surface area contributed by atoms with Crippen molar-refractivity contribution >= 4 is 34.1 Å². The maximum absolute atomic E-state index is 13.4. The Bertz CT molecular complexity index is 1480. The van der Waals surface area contributed by atoms with Crippen LogP contribution in [-0.4, -0.2) is 56.4 Å². The number of hydrogen-bond acceptors (Lipinski definition) is 9. The van der Waals surface area contributed by atoms with E-state index in [2.05, 4.69) is 42.0 Å². The Morgan fingerprint density at radius 1 is 1.24 bits per heavy atom. The highest BCUT2D eigenvalue weighted by Crippen LogP contribution is 2.29. The van der Waals surface area contributed by atoms with Crippen molar-refractivity contribution in [3.05, 3.63) is 66.1 Å². The fourth-order valence-electron chi connectivity index (χ4n) is 4.40. The van der Waals surface area contributed by atoms with Crippen LogP contribution in [0.15, 0.2) is 54.7 Å². The number of carbonyl (C=O) groups excluding carboxylic acids is 1. The van der Waals surface area contributed by atoms with Crippen LogP contribution in [-0.2, 0) is 13.6 Å². The second-order valence-corrected chi connectivity index (χ2v) is 8.86. The van der Waals surface area contributed by atoms with E-state index in [1.54, 1.807) is 23.0 Å². The minimum atomic E-state index is -0.424. The number of nitrogens with one attached hydrogen (secondary N) is 3. The third kappa shape index (κ3) is 5.44. The molecule has 1 fully saturated rings. The summed E-state index contributed by atoms with van der Waals surface area (Å²) in [6.45, 7) is 2.39. The molecule has 1 amide bonds. The molecule has 0 spiro atoms. The van der Waals surface area contributed by atoms with E-state index in [4.69, 9.17) is 5.26 Å². The van der Waals surface area contributed by atoms with Gasteiger partial charge in [0.1, 0.15) is 17.3 Å². The molecule has 4 N–H and O–H groups in total. The topological polar surface area (TPSA) is 144 Å². The molecule has 37 heavy (non-hydrogen) atoms. The monoisotopic (exact) mass is 497 g/mol. The van der Waals surface area contributed by atoms with Gasteiger partial charge in [0.25, 0.3) is 5.91 Å². The van der Waals surface area contributed by atoms with E-state index in [1.165, 1.54) is 6.07 Å². The number of phenols is 1. The Balaban J connectivity index is 1.46. The van der Waals surface area contributed by atoms with Gasteiger partial charge in [0, 0.05) is 56.4 Å². The highest BCUT2D eigenvalue weighted by Gasteiger charge is 2.23. The summed E-state index contributed by atoms with van der Waals surface area (Å²) in [6.07, 6.45) is 2.09. The number of rotatable bonds is 7. The summed E-state index contributed by atoms with van der Waals surface area (Å²) in [5, 5.41) is 34.5. The van der Waals surface area contributed by atoms with Crippen LogP contribution in [0.3, 0.4) is 0 Å². The van der Waals surface area contributed by atoms with Crippen molar-refractivity contribution in [2.75, 3.05) is 35.2 Å². The first-order chi connectivity index (χ1) is 18.0. The SMILES string of the molecule is Cn1nccc1CNc1nc(C(=O)Nc2cc(O)cc3ccccc23)cc(N2CCN[C@@H](CC#N)C2)n1. The summed E-state index contributed by atoms with van der Waals surface area (Å²) in [5.74, 6) is 0.532. The molecule has 0 unspecified atom stereocenters. The molecule has 0 saturated carbocycles. The summed E-state index contributed by atoms with van der Waals surface area (Å²) in [6, 6.07) is 16.4. The largest absolute Gasteiger partial charge is 0.508 e. The van der Waals surface area contributed by atoms with Gasteiger partial charge in [-0.15, -0.1) is 0 Å². The Morgan fingerprint density at radius 2 is 2.11 bits per heavy atom. The molecule has 0 bridgehead atoms. The Morgan fingerprint density at radius 3 is 2.92 bits per heavy atom. The van der Waals surface area contributed by atoms with Crippen molar-refractivity contribution in [3.8, 4) is 11.8 Å². The van der Waals surface area contributed by atoms with E-state index in [9.17, 15) is 9.90 Å². The van der Waals surface area contributed by atoms with Crippen molar-refractivity contribution in [1.29, 1.82) is 5.26 Å². The lowest BCUT2D eigenvalue weighted by Gasteiger charge is -2.33. The van der Waals surface area contributed by atoms with Crippen molar-refractivity contribution in [3.63, 3.8) is 0 Å². The molecular weight excluding hydrogens is 470 g/mol. The maximum Gasteiger partial charge on any atom is 0.274 e. The lowest BCUT2D eigenvalue weighted by Crippen LogP contribution is -2.51. The number of amides is 1. The quantitative estimate of drug-likeness (QED) is 0.303. The van der Waals surface area contributed by atoms with Crippen LogP contribution < -0.4 is 20.9 Å². The van der Waals surface area contributed by atoms with Crippen LogP contribution in [0.4, 0.5) is 17.5 Å². The molecule has 1 aliphatic heterocycles. The van der Waals surface area contributed by atoms with E-state index < -0.39 is 5.91 Å². The standard InChI is InChI=1S/C26H27N9O2/c1-34-19(7-9-30-34)15-29-26-32-23(14-24(33-26)35-11-10-28-18(16-35)6-8-27)25(37)31-22-13-20(36)12-17-4-2-3-5-21(17)22/h2-5,7,9,12-14,18,28,36H,6,10-11,15-16H2,1H3,(H,31,37)(H,29,32,33)/t18-/m0/s1. The van der Waals surface area contributed by atoms with Gasteiger partial charge in [-0.1, -0.05) is 24.3 Å². The lowest BCUT2D eigenvalue weighted by atomic mass is 10.1. The summed E-state index contributed by atoms with van der Waals surface area (Å²) in [7, 11) is 1.85. The van der Waals surface area contributed by atoms with Gasteiger partial charge in [-0.05, 0) is 17.5 Å². The molecule has 11 heteroatoms. The fourth-order valence-corrected chi connectivity index (χ4v) is 4.40. The van der Waals surface area contributed by atoms with Crippen LogP contribution in [0.25, 0.3) is 10.8 Å². The minimum absolute atomic E-state index is 0.00972. The molecule has 2 aromatic heterocycles. The van der Waals surface area contributed by atoms with Crippen LogP contribution >= 0.6 is 0 Å². The molecule has 4 aromatic rings. The zero-order chi connectivity index (χ0) is 25.8. The van der Waals surface area contributed by atoms with E-state index >= 15 is 0 Å². The number of nitrogens with zero attached hydrogens (tertiary/aromatic N) is 6. The van der Waals surface area contributed by atoms with Crippen LogP contribution in [0.2, 0.25) is 0 Å². The molecule has 1 atom stereocenters. The predicted octanol–water partition coefficient (Wildman–Crippen LogP) is 2.63. The average Bonchev–Trinajstić information content (AvgIpc) is 3.32. The molecule has 11 nitrogen and oxygen atoms in total. The number of aromatic hydroxyl groups is 1. The van der Waals surface area contributed by atoms with Crippen LogP contribution in [0, 0.1) is 11.3 Å². The second-order valence-electron chi connectivity index (χ2n) is 8.86. The first kappa shape index (κ1) is 24.0. The molecule has 0 radical (unpaired) electrons. The molecule has 2 aromatic carbocycles. The maximum atomic E-state index is 13.4. The van der Waals surface area contributed by atoms with Crippen molar-refractivity contribution in [1.82, 2.24) is 25.1 Å². The van der Waals surface area contributed by atoms with Crippen LogP contribution in [0.1, 0.15) is 22.6 Å². The Labute approximate surface area is 213 Å². The molecular formula is C26H27N9O2. The molecule has 3 heterocycles. The molecule has 188 valence electrons. The number of hydrogen-bond donors (Lipinski definition) is 4. The van der Waals surface area contributed by atoms with Gasteiger partial charge < -0.3 is 26.0 Å². The van der Waals surface area contributed by atoms with Crippen molar-refractivity contribution in [2.45, 2.75) is 19.0 Å². The fraction of sp³-hybridized carbons (Fsp3) is 0.269. The summed E-state index contributed by atoms with van der Waals surface area (Å²) in [5.41, 5.74) is 1.60. The number of benzene rings is 2. The summed E-state index contributed by atoms with van der Waals surface area (Å²) >= 11 is 0. The van der Waals surface area contributed by atoms with Gasteiger partial charge in [-0.2, -0.15) is 15.3 Å². The van der Waals surface area contributed by atoms with Gasteiger partial charge in [0.2, 0.25) is 5.95 Å². The first-order valence-electron chi connectivity index (χ1n) is 12.0. The number of aryl methyl sites for hydroxylation is 1. The van der Waals surface area contributed by atoms with Crippen molar-refractivity contribution < 1.29 is 9.90 Å². The van der Waals surface area contributed by atoms with Crippen LogP contribution in [0.5, 0.6) is 5.75 Å². The number of fused-ring (bicyclic) bond motifs is 1. The van der Waals surface area contributed by atoms with E-state index in [0.717, 1.165) is 16.5 Å². The van der Waals surface area contributed by atoms with E-state index in [-0.39, 0.29) is 17.5 Å². The van der Waals surface area contributed by atoms with Gasteiger partial charge >= 0.3 is 0 Å². The normalized spacial score (nSPS) is 15.4. The lowest BCUT2D eigenvalue weighted by molar-refractivity contribution is 0.102. The van der Waals surface area contributed by atoms with Crippen molar-refractivity contribution in [2.24, 2.45) is 7.05 Å². The molecule has 5 rings (SSSR count). The number of aromatic nitrogens is 4. The summed E-state index contributed by atoms with van der Waals surface area (Å²) in [4.78, 5) is 24.6. The highest BCUT2D eigenvalue weighted by molar-refractivity contribution is 6.09. The average molecular weight is 498 g/mol. The molecule has 1 saturated heterocycles. The second kappa shape index (κ2) is 10.5. The number of anilines is 3. The highest BCUT2D eigenvalue weighted by atomic mass is 16.3.